The van der Waals surface area contributed by atoms with Crippen molar-refractivity contribution < 1.29 is 23.0 Å². The van der Waals surface area contributed by atoms with Crippen LogP contribution in [0.3, 0.4) is 0 Å². The third-order valence-corrected chi connectivity index (χ3v) is 1.44. The van der Waals surface area contributed by atoms with Crippen LogP contribution in [-0.4, -0.2) is 23.5 Å². The van der Waals surface area contributed by atoms with Crippen LogP contribution in [0.2, 0.25) is 0 Å². The summed E-state index contributed by atoms with van der Waals surface area (Å²) in [5.74, 6) is 0. The normalized spacial score (nSPS) is 16.8. The van der Waals surface area contributed by atoms with Crippen LogP contribution in [-0.2, 0) is 4.74 Å². The first-order valence-corrected chi connectivity index (χ1v) is 3.33. The molecule has 0 radical (unpaired) electrons. The zero-order valence-electron chi connectivity index (χ0n) is 6.69. The highest BCUT2D eigenvalue weighted by Crippen LogP contribution is 2.32. The number of hydrogen-bond acceptors (Lipinski definition) is 2. The SMILES string of the molecule is C=COCCC(C)(O)C(F)(F)F. The maximum atomic E-state index is 11.9. The highest BCUT2D eigenvalue weighted by atomic mass is 19.4. The van der Waals surface area contributed by atoms with Gasteiger partial charge in [0.1, 0.15) is 0 Å². The second-order valence-electron chi connectivity index (χ2n) is 2.56. The zero-order valence-corrected chi connectivity index (χ0v) is 6.69. The van der Waals surface area contributed by atoms with Crippen LogP contribution in [0.1, 0.15) is 13.3 Å². The first-order chi connectivity index (χ1) is 5.31. The maximum Gasteiger partial charge on any atom is 0.417 e. The van der Waals surface area contributed by atoms with Gasteiger partial charge in [-0.05, 0) is 6.92 Å². The Hall–Kier alpha value is -0.710. The molecule has 0 rings (SSSR count). The van der Waals surface area contributed by atoms with Gasteiger partial charge < -0.3 is 9.84 Å². The number of aliphatic hydroxyl groups is 1. The molecule has 0 aromatic heterocycles. The van der Waals surface area contributed by atoms with Gasteiger partial charge in [-0.1, -0.05) is 6.58 Å². The van der Waals surface area contributed by atoms with E-state index >= 15 is 0 Å². The molecule has 1 atom stereocenters. The van der Waals surface area contributed by atoms with Crippen molar-refractivity contribution in [2.45, 2.75) is 25.1 Å². The molecule has 1 N–H and O–H groups in total. The van der Waals surface area contributed by atoms with Gasteiger partial charge in [-0.3, -0.25) is 0 Å². The summed E-state index contributed by atoms with van der Waals surface area (Å²) in [5.41, 5.74) is -2.68. The summed E-state index contributed by atoms with van der Waals surface area (Å²) < 4.78 is 40.3. The number of hydrogen-bond donors (Lipinski definition) is 1. The van der Waals surface area contributed by atoms with Crippen molar-refractivity contribution in [3.05, 3.63) is 12.8 Å². The minimum absolute atomic E-state index is 0.198. The Morgan fingerprint density at radius 3 is 2.33 bits per heavy atom. The van der Waals surface area contributed by atoms with E-state index in [-0.39, 0.29) is 6.61 Å². The highest BCUT2D eigenvalue weighted by Gasteiger charge is 2.49. The molecule has 0 heterocycles. The van der Waals surface area contributed by atoms with E-state index in [1.54, 1.807) is 0 Å². The summed E-state index contributed by atoms with van der Waals surface area (Å²) in [5, 5.41) is 8.84. The van der Waals surface area contributed by atoms with Crippen LogP contribution in [0.25, 0.3) is 0 Å². The summed E-state index contributed by atoms with van der Waals surface area (Å²) in [6.45, 7) is 3.67. The van der Waals surface area contributed by atoms with Crippen LogP contribution in [0.15, 0.2) is 12.8 Å². The predicted octanol–water partition coefficient (Wildman–Crippen LogP) is 1.85. The van der Waals surface area contributed by atoms with Crippen molar-refractivity contribution in [2.24, 2.45) is 0 Å². The second-order valence-corrected chi connectivity index (χ2v) is 2.56. The zero-order chi connectivity index (χ0) is 9.83. The molecule has 0 aliphatic carbocycles. The highest BCUT2D eigenvalue weighted by molar-refractivity contribution is 4.81. The largest absolute Gasteiger partial charge is 0.502 e. The lowest BCUT2D eigenvalue weighted by Gasteiger charge is -2.25. The average Bonchev–Trinajstić information content (AvgIpc) is 1.85. The molecular weight excluding hydrogens is 173 g/mol. The lowest BCUT2D eigenvalue weighted by molar-refractivity contribution is -0.256. The molecule has 0 saturated carbocycles. The van der Waals surface area contributed by atoms with Crippen molar-refractivity contribution in [3.8, 4) is 0 Å². The van der Waals surface area contributed by atoms with Crippen LogP contribution in [0.5, 0.6) is 0 Å². The summed E-state index contributed by atoms with van der Waals surface area (Å²) in [6, 6.07) is 0. The van der Waals surface area contributed by atoms with E-state index in [0.29, 0.717) is 6.92 Å². The first kappa shape index (κ1) is 11.3. The van der Waals surface area contributed by atoms with E-state index in [1.165, 1.54) is 0 Å². The van der Waals surface area contributed by atoms with Crippen molar-refractivity contribution in [1.82, 2.24) is 0 Å². The molecule has 0 aliphatic heterocycles. The van der Waals surface area contributed by atoms with E-state index < -0.39 is 18.2 Å². The first-order valence-electron chi connectivity index (χ1n) is 3.33. The van der Waals surface area contributed by atoms with Gasteiger partial charge in [0.25, 0.3) is 0 Å². The van der Waals surface area contributed by atoms with E-state index in [9.17, 15) is 13.2 Å². The summed E-state index contributed by atoms with van der Waals surface area (Å²) in [4.78, 5) is 0. The monoisotopic (exact) mass is 184 g/mol. The van der Waals surface area contributed by atoms with Gasteiger partial charge >= 0.3 is 6.18 Å². The second kappa shape index (κ2) is 3.80. The molecule has 2 nitrogen and oxygen atoms in total. The van der Waals surface area contributed by atoms with Gasteiger partial charge in [0.15, 0.2) is 5.60 Å². The molecule has 5 heteroatoms. The number of alkyl halides is 3. The molecule has 0 bridgehead atoms. The quantitative estimate of drug-likeness (QED) is 0.533. The molecule has 0 spiro atoms. The van der Waals surface area contributed by atoms with Crippen LogP contribution in [0, 0.1) is 0 Å². The van der Waals surface area contributed by atoms with Crippen molar-refractivity contribution in [2.75, 3.05) is 6.61 Å². The minimum atomic E-state index is -4.61. The Morgan fingerprint density at radius 2 is 2.00 bits per heavy atom. The Balaban J connectivity index is 3.95. The number of ether oxygens (including phenoxy) is 1. The average molecular weight is 184 g/mol. The summed E-state index contributed by atoms with van der Waals surface area (Å²) in [7, 11) is 0. The molecule has 1 unspecified atom stereocenters. The summed E-state index contributed by atoms with van der Waals surface area (Å²) >= 11 is 0. The molecule has 0 aromatic rings. The molecular formula is C7H11F3O2. The Labute approximate surface area is 68.6 Å². The number of halogens is 3. The topological polar surface area (TPSA) is 29.5 Å². The van der Waals surface area contributed by atoms with Crippen molar-refractivity contribution in [3.63, 3.8) is 0 Å². The van der Waals surface area contributed by atoms with E-state index in [0.717, 1.165) is 6.26 Å². The standard InChI is InChI=1S/C7H11F3O2/c1-3-12-5-4-6(2,11)7(8,9)10/h3,11H,1,4-5H2,2H3. The van der Waals surface area contributed by atoms with Gasteiger partial charge in [-0.25, -0.2) is 0 Å². The Kier molecular flexibility index (Phi) is 3.57. The van der Waals surface area contributed by atoms with E-state index in [1.807, 2.05) is 0 Å². The Bertz CT molecular complexity index is 151. The lowest BCUT2D eigenvalue weighted by Crippen LogP contribution is -2.42. The number of rotatable bonds is 4. The van der Waals surface area contributed by atoms with Crippen LogP contribution >= 0.6 is 0 Å². The minimum Gasteiger partial charge on any atom is -0.502 e. The molecule has 0 saturated heterocycles. The van der Waals surface area contributed by atoms with E-state index in [2.05, 4.69) is 11.3 Å². The molecule has 72 valence electrons. The van der Waals surface area contributed by atoms with E-state index in [4.69, 9.17) is 5.11 Å². The van der Waals surface area contributed by atoms with Gasteiger partial charge in [-0.15, -0.1) is 0 Å². The van der Waals surface area contributed by atoms with Crippen LogP contribution < -0.4 is 0 Å². The fourth-order valence-electron chi connectivity index (χ4n) is 0.483. The van der Waals surface area contributed by atoms with Crippen molar-refractivity contribution >= 4 is 0 Å². The molecule has 0 amide bonds. The Morgan fingerprint density at radius 1 is 1.50 bits per heavy atom. The van der Waals surface area contributed by atoms with Gasteiger partial charge in [0.2, 0.25) is 0 Å². The maximum absolute atomic E-state index is 11.9. The molecule has 0 aromatic carbocycles. The fourth-order valence-corrected chi connectivity index (χ4v) is 0.483. The fraction of sp³-hybridized carbons (Fsp3) is 0.714. The third-order valence-electron chi connectivity index (χ3n) is 1.44. The smallest absolute Gasteiger partial charge is 0.417 e. The van der Waals surface area contributed by atoms with Gasteiger partial charge in [-0.2, -0.15) is 13.2 Å². The lowest BCUT2D eigenvalue weighted by atomic mass is 10.0. The molecule has 0 fully saturated rings. The molecule has 12 heavy (non-hydrogen) atoms. The third kappa shape index (κ3) is 3.13. The summed E-state index contributed by atoms with van der Waals surface area (Å²) in [6.07, 6.45) is -4.08. The van der Waals surface area contributed by atoms with Crippen molar-refractivity contribution in [1.29, 1.82) is 0 Å². The van der Waals surface area contributed by atoms with Gasteiger partial charge in [0.05, 0.1) is 12.9 Å². The van der Waals surface area contributed by atoms with Gasteiger partial charge in [0, 0.05) is 6.42 Å². The van der Waals surface area contributed by atoms with Crippen LogP contribution in [0.4, 0.5) is 13.2 Å². The predicted molar refractivity (Wildman–Crippen MR) is 37.4 cm³/mol. The molecule has 0 aliphatic rings.